The first-order valence-electron chi connectivity index (χ1n) is 13.6. The van der Waals surface area contributed by atoms with Crippen molar-refractivity contribution < 1.29 is 18.3 Å². The molecule has 8 nitrogen and oxygen atoms in total. The zero-order chi connectivity index (χ0) is 28.9. The summed E-state index contributed by atoms with van der Waals surface area (Å²) in [6.07, 6.45) is 8.72. The number of aromatic nitrogens is 4. The fourth-order valence-electron chi connectivity index (χ4n) is 4.53. The first-order chi connectivity index (χ1) is 20.6. The molecule has 0 saturated carbocycles. The molecule has 0 aliphatic carbocycles. The lowest BCUT2D eigenvalue weighted by molar-refractivity contribution is 0.279. The molecule has 0 spiro atoms. The molecule has 0 saturated heterocycles. The number of hydrogen-bond donors (Lipinski definition) is 0. The fraction of sp³-hybridized carbons (Fsp3) is 0.182. The summed E-state index contributed by atoms with van der Waals surface area (Å²) in [5.41, 5.74) is 5.69. The molecule has 4 heterocycles. The number of furan rings is 1. The smallest absolute Gasteiger partial charge is 0.263 e. The van der Waals surface area contributed by atoms with Gasteiger partial charge in [0.1, 0.15) is 18.1 Å². The van der Waals surface area contributed by atoms with Gasteiger partial charge in [-0.3, -0.25) is 4.68 Å². The van der Waals surface area contributed by atoms with Crippen molar-refractivity contribution in [1.82, 2.24) is 19.7 Å². The van der Waals surface area contributed by atoms with Crippen LogP contribution in [0.25, 0.3) is 35.1 Å². The van der Waals surface area contributed by atoms with Crippen molar-refractivity contribution in [3.63, 3.8) is 0 Å². The van der Waals surface area contributed by atoms with Gasteiger partial charge in [-0.15, -0.1) is 11.3 Å². The van der Waals surface area contributed by atoms with E-state index >= 15 is 0 Å². The van der Waals surface area contributed by atoms with E-state index in [4.69, 9.17) is 23.4 Å². The Morgan fingerprint density at radius 2 is 1.88 bits per heavy atom. The normalized spacial score (nSPS) is 11.4. The Morgan fingerprint density at radius 3 is 2.64 bits per heavy atom. The molecular formula is C33H30N4O4S. The second kappa shape index (κ2) is 12.3. The van der Waals surface area contributed by atoms with E-state index in [1.54, 1.807) is 30.8 Å². The van der Waals surface area contributed by atoms with E-state index in [0.717, 1.165) is 39.5 Å². The summed E-state index contributed by atoms with van der Waals surface area (Å²) in [5, 5.41) is 8.16. The molecule has 0 fully saturated rings. The number of methoxy groups -OCH3 is 1. The van der Waals surface area contributed by atoms with Gasteiger partial charge in [-0.2, -0.15) is 5.10 Å². The highest BCUT2D eigenvalue weighted by atomic mass is 32.1. The third-order valence-corrected chi connectivity index (χ3v) is 7.72. The van der Waals surface area contributed by atoms with Gasteiger partial charge in [0.15, 0.2) is 17.3 Å². The Balaban J connectivity index is 1.20. The van der Waals surface area contributed by atoms with E-state index in [0.29, 0.717) is 41.1 Å². The maximum absolute atomic E-state index is 6.08. The van der Waals surface area contributed by atoms with Gasteiger partial charge in [-0.25, -0.2) is 9.97 Å². The first kappa shape index (κ1) is 27.3. The maximum Gasteiger partial charge on any atom is 0.263 e. The predicted octanol–water partition coefficient (Wildman–Crippen LogP) is 7.93. The van der Waals surface area contributed by atoms with E-state index in [1.165, 1.54) is 0 Å². The zero-order valence-electron chi connectivity index (χ0n) is 23.6. The number of hydrogen-bond acceptors (Lipinski definition) is 8. The van der Waals surface area contributed by atoms with Gasteiger partial charge in [0.05, 0.1) is 36.3 Å². The summed E-state index contributed by atoms with van der Waals surface area (Å²) < 4.78 is 24.8. The number of ether oxygens (including phenoxy) is 2. The second-order valence-electron chi connectivity index (χ2n) is 9.62. The molecule has 0 N–H and O–H groups in total. The van der Waals surface area contributed by atoms with E-state index in [9.17, 15) is 0 Å². The van der Waals surface area contributed by atoms with Gasteiger partial charge >= 0.3 is 0 Å². The maximum atomic E-state index is 6.08. The molecule has 0 aliphatic heterocycles. The number of rotatable bonds is 11. The van der Waals surface area contributed by atoms with Crippen molar-refractivity contribution in [2.24, 2.45) is 0 Å². The van der Waals surface area contributed by atoms with E-state index < -0.39 is 0 Å². The van der Waals surface area contributed by atoms with E-state index in [-0.39, 0.29) is 6.61 Å². The average molecular weight is 579 g/mol. The molecule has 212 valence electrons. The lowest BCUT2D eigenvalue weighted by Crippen LogP contribution is -2.03. The summed E-state index contributed by atoms with van der Waals surface area (Å²) in [7, 11) is 1.63. The molecule has 0 bridgehead atoms. The quantitative estimate of drug-likeness (QED) is 0.154. The predicted molar refractivity (Wildman–Crippen MR) is 163 cm³/mol. The Labute approximate surface area is 247 Å². The number of benzene rings is 2. The van der Waals surface area contributed by atoms with Crippen LogP contribution < -0.4 is 9.47 Å². The van der Waals surface area contributed by atoms with E-state index in [2.05, 4.69) is 46.7 Å². The number of oxazole rings is 1. The summed E-state index contributed by atoms with van der Waals surface area (Å²) in [6, 6.07) is 19.7. The molecule has 42 heavy (non-hydrogen) atoms. The van der Waals surface area contributed by atoms with Crippen LogP contribution in [-0.2, 0) is 19.6 Å². The minimum Gasteiger partial charge on any atom is -0.493 e. The Morgan fingerprint density at radius 1 is 1.00 bits per heavy atom. The van der Waals surface area contributed by atoms with E-state index in [1.807, 2.05) is 60.1 Å². The van der Waals surface area contributed by atoms with Gasteiger partial charge in [-0.05, 0) is 55.3 Å². The molecule has 0 unspecified atom stereocenters. The van der Waals surface area contributed by atoms with Crippen molar-refractivity contribution in [1.29, 1.82) is 0 Å². The third kappa shape index (κ3) is 6.06. The van der Waals surface area contributed by atoms with Gasteiger partial charge in [0.2, 0.25) is 0 Å². The summed E-state index contributed by atoms with van der Waals surface area (Å²) in [5.74, 6) is 2.93. The van der Waals surface area contributed by atoms with Crippen LogP contribution in [0.5, 0.6) is 11.5 Å². The van der Waals surface area contributed by atoms with Crippen molar-refractivity contribution in [2.45, 2.75) is 33.4 Å². The van der Waals surface area contributed by atoms with Crippen LogP contribution in [0.1, 0.15) is 40.2 Å². The van der Waals surface area contributed by atoms with Crippen LogP contribution in [-0.4, -0.2) is 26.9 Å². The van der Waals surface area contributed by atoms with Crippen LogP contribution in [0, 0.1) is 6.92 Å². The Kier molecular flexibility index (Phi) is 8.00. The van der Waals surface area contributed by atoms with Crippen molar-refractivity contribution >= 4 is 23.5 Å². The SMILES string of the molecule is CCc1nc(/C=C\c2cn(Cc3ccc(OCc4nc(-c5ccco5)oc4C)c(OC)c3)nc2-c2ccccc2)cs1. The minimum absolute atomic E-state index is 0.236. The summed E-state index contributed by atoms with van der Waals surface area (Å²) in [6.45, 7) is 4.78. The van der Waals surface area contributed by atoms with Gasteiger partial charge < -0.3 is 18.3 Å². The topological polar surface area (TPSA) is 88.3 Å². The number of aryl methyl sites for hydroxylation is 2. The minimum atomic E-state index is 0.236. The van der Waals surface area contributed by atoms with Gasteiger partial charge in [0.25, 0.3) is 5.89 Å². The second-order valence-corrected chi connectivity index (χ2v) is 10.6. The molecule has 0 amide bonds. The molecule has 4 aromatic heterocycles. The fourth-order valence-corrected chi connectivity index (χ4v) is 5.24. The molecular weight excluding hydrogens is 548 g/mol. The molecule has 9 heteroatoms. The van der Waals surface area contributed by atoms with Crippen LogP contribution in [0.4, 0.5) is 0 Å². The third-order valence-electron chi connectivity index (χ3n) is 6.70. The number of thiazole rings is 1. The Bertz CT molecular complexity index is 1800. The van der Waals surface area contributed by atoms with Crippen LogP contribution in [0.15, 0.2) is 87.3 Å². The van der Waals surface area contributed by atoms with Gasteiger partial charge in [-0.1, -0.05) is 43.3 Å². The highest BCUT2D eigenvalue weighted by Crippen LogP contribution is 2.31. The molecule has 6 aromatic rings. The first-order valence-corrected chi connectivity index (χ1v) is 14.5. The standard InChI is InChI=1S/C33H30N4O4S/c1-4-31-34-26(21-42-31)14-13-25-19-37(36-32(25)24-9-6-5-7-10-24)18-23-12-15-28(30(17-23)38-3)40-20-27-22(2)41-33(35-27)29-11-8-16-39-29/h5-17,19,21H,4,18,20H2,1-3H3/b14-13-. The average Bonchev–Trinajstić information content (AvgIpc) is 3.83. The molecule has 0 aliphatic rings. The highest BCUT2D eigenvalue weighted by molar-refractivity contribution is 7.09. The zero-order valence-corrected chi connectivity index (χ0v) is 24.4. The van der Waals surface area contributed by atoms with Crippen LogP contribution in [0.2, 0.25) is 0 Å². The molecule has 6 rings (SSSR count). The van der Waals surface area contributed by atoms with Crippen molar-refractivity contribution in [2.75, 3.05) is 7.11 Å². The lowest BCUT2D eigenvalue weighted by Gasteiger charge is -2.12. The van der Waals surface area contributed by atoms with Crippen LogP contribution >= 0.6 is 11.3 Å². The highest BCUT2D eigenvalue weighted by Gasteiger charge is 2.16. The molecule has 0 radical (unpaired) electrons. The van der Waals surface area contributed by atoms with Crippen molar-refractivity contribution in [3.05, 3.63) is 112 Å². The lowest BCUT2D eigenvalue weighted by atomic mass is 10.1. The summed E-state index contributed by atoms with van der Waals surface area (Å²) >= 11 is 1.68. The molecule has 0 atom stereocenters. The Hall–Kier alpha value is -4.89. The van der Waals surface area contributed by atoms with Crippen molar-refractivity contribution in [3.8, 4) is 34.4 Å². The summed E-state index contributed by atoms with van der Waals surface area (Å²) in [4.78, 5) is 9.19. The van der Waals surface area contributed by atoms with Crippen LogP contribution in [0.3, 0.4) is 0 Å². The largest absolute Gasteiger partial charge is 0.493 e. The molecule has 2 aromatic carbocycles. The monoisotopic (exact) mass is 578 g/mol. The van der Waals surface area contributed by atoms with Gasteiger partial charge in [0, 0.05) is 22.7 Å². The number of nitrogens with zero attached hydrogens (tertiary/aromatic N) is 4.